The number of carbonyl (C=O) groups excluding carboxylic acids is 1. The second-order valence-corrected chi connectivity index (χ2v) is 5.09. The molecule has 0 spiro atoms. The van der Waals surface area contributed by atoms with Crippen LogP contribution in [0, 0.1) is 6.92 Å². The van der Waals surface area contributed by atoms with Crippen LogP contribution in [0.1, 0.15) is 35.3 Å². The predicted molar refractivity (Wildman–Crippen MR) is 86.6 cm³/mol. The molecule has 0 bridgehead atoms. The van der Waals surface area contributed by atoms with Gasteiger partial charge < -0.3 is 15.2 Å². The van der Waals surface area contributed by atoms with Crippen LogP contribution in [0.4, 0.5) is 5.69 Å². The molecule has 0 saturated carbocycles. The van der Waals surface area contributed by atoms with Crippen LogP contribution in [0.2, 0.25) is 0 Å². The highest BCUT2D eigenvalue weighted by Gasteiger charge is 2.06. The van der Waals surface area contributed by atoms with Gasteiger partial charge in [-0.05, 0) is 56.2 Å². The van der Waals surface area contributed by atoms with Gasteiger partial charge in [0.25, 0.3) is 5.91 Å². The molecule has 0 radical (unpaired) electrons. The van der Waals surface area contributed by atoms with Crippen LogP contribution in [0.25, 0.3) is 0 Å². The zero-order valence-electron chi connectivity index (χ0n) is 12.9. The molecule has 0 aliphatic carbocycles. The molecule has 2 N–H and O–H groups in total. The Balaban J connectivity index is 2.02. The van der Waals surface area contributed by atoms with Crippen LogP contribution in [0.15, 0.2) is 36.7 Å². The molecular weight excluding hydrogens is 262 g/mol. The van der Waals surface area contributed by atoms with E-state index in [1.807, 2.05) is 32.0 Å². The lowest BCUT2D eigenvalue weighted by atomic mass is 10.1. The molecule has 0 unspecified atom stereocenters. The summed E-state index contributed by atoms with van der Waals surface area (Å²) in [7, 11) is 0. The molecule has 0 fully saturated rings. The molecule has 1 heterocycles. The van der Waals surface area contributed by atoms with Crippen LogP contribution >= 0.6 is 0 Å². The number of rotatable bonds is 6. The number of nitrogens with zero attached hydrogens (tertiary/aromatic N) is 1. The van der Waals surface area contributed by atoms with Gasteiger partial charge in [0.1, 0.15) is 0 Å². The highest BCUT2D eigenvalue weighted by atomic mass is 16.1. The molecule has 4 nitrogen and oxygen atoms in total. The van der Waals surface area contributed by atoms with Crippen molar-refractivity contribution in [3.63, 3.8) is 0 Å². The van der Waals surface area contributed by atoms with Crippen LogP contribution in [0.3, 0.4) is 0 Å². The van der Waals surface area contributed by atoms with Crippen molar-refractivity contribution in [2.24, 2.45) is 0 Å². The smallest absolute Gasteiger partial charge is 0.251 e. The van der Waals surface area contributed by atoms with Crippen molar-refractivity contribution in [2.45, 2.75) is 33.9 Å². The minimum atomic E-state index is -0.0211. The third-order valence-electron chi connectivity index (χ3n) is 3.49. The summed E-state index contributed by atoms with van der Waals surface area (Å²) in [5.74, 6) is -0.0211. The normalized spacial score (nSPS) is 10.4. The second-order valence-electron chi connectivity index (χ2n) is 5.09. The van der Waals surface area contributed by atoms with E-state index < -0.39 is 0 Å². The van der Waals surface area contributed by atoms with Gasteiger partial charge in [0.2, 0.25) is 0 Å². The van der Waals surface area contributed by atoms with Crippen molar-refractivity contribution < 1.29 is 4.79 Å². The quantitative estimate of drug-likeness (QED) is 0.856. The lowest BCUT2D eigenvalue weighted by Crippen LogP contribution is -2.22. The maximum absolute atomic E-state index is 11.8. The van der Waals surface area contributed by atoms with Gasteiger partial charge in [0.05, 0.1) is 0 Å². The molecule has 2 aromatic rings. The monoisotopic (exact) mass is 285 g/mol. The predicted octanol–water partition coefficient (Wildman–Crippen LogP) is 3.18. The molecule has 4 heteroatoms. The van der Waals surface area contributed by atoms with Crippen molar-refractivity contribution in [3.05, 3.63) is 53.3 Å². The van der Waals surface area contributed by atoms with E-state index >= 15 is 0 Å². The Labute approximate surface area is 126 Å². The first-order valence-electron chi connectivity index (χ1n) is 7.41. The number of hydrogen-bond acceptors (Lipinski definition) is 2. The van der Waals surface area contributed by atoms with E-state index in [9.17, 15) is 4.79 Å². The number of amides is 1. The largest absolute Gasteiger partial charge is 0.381 e. The van der Waals surface area contributed by atoms with E-state index in [0.717, 1.165) is 24.3 Å². The number of aromatic nitrogens is 1. The zero-order valence-corrected chi connectivity index (χ0v) is 12.9. The first-order chi connectivity index (χ1) is 10.1. The molecule has 1 aromatic heterocycles. The number of benzene rings is 1. The Morgan fingerprint density at radius 1 is 1.24 bits per heavy atom. The van der Waals surface area contributed by atoms with Gasteiger partial charge >= 0.3 is 0 Å². The van der Waals surface area contributed by atoms with Gasteiger partial charge in [-0.25, -0.2) is 0 Å². The van der Waals surface area contributed by atoms with Crippen LogP contribution in [0.5, 0.6) is 0 Å². The average Bonchev–Trinajstić information content (AvgIpc) is 2.94. The molecule has 0 aliphatic rings. The Hall–Kier alpha value is -2.23. The van der Waals surface area contributed by atoms with E-state index in [0.29, 0.717) is 12.1 Å². The maximum Gasteiger partial charge on any atom is 0.251 e. The number of carbonyl (C=O) groups is 1. The number of hydrogen-bond donors (Lipinski definition) is 2. The minimum Gasteiger partial charge on any atom is -0.381 e. The van der Waals surface area contributed by atoms with Gasteiger partial charge in [-0.3, -0.25) is 4.79 Å². The van der Waals surface area contributed by atoms with Crippen molar-refractivity contribution in [1.82, 2.24) is 9.88 Å². The summed E-state index contributed by atoms with van der Waals surface area (Å²) in [6.45, 7) is 8.48. The summed E-state index contributed by atoms with van der Waals surface area (Å²) in [4.78, 5) is 11.8. The topological polar surface area (TPSA) is 46.1 Å². The van der Waals surface area contributed by atoms with E-state index in [2.05, 4.69) is 40.6 Å². The highest BCUT2D eigenvalue weighted by molar-refractivity contribution is 5.94. The fourth-order valence-electron chi connectivity index (χ4n) is 2.25. The van der Waals surface area contributed by atoms with Crippen LogP contribution in [-0.2, 0) is 13.1 Å². The van der Waals surface area contributed by atoms with E-state index in [1.165, 1.54) is 5.56 Å². The van der Waals surface area contributed by atoms with Crippen molar-refractivity contribution >= 4 is 11.6 Å². The third-order valence-corrected chi connectivity index (χ3v) is 3.49. The molecule has 21 heavy (non-hydrogen) atoms. The molecule has 0 aliphatic heterocycles. The number of anilines is 1. The summed E-state index contributed by atoms with van der Waals surface area (Å²) in [5, 5.41) is 6.23. The van der Waals surface area contributed by atoms with Crippen LogP contribution in [-0.4, -0.2) is 17.0 Å². The van der Waals surface area contributed by atoms with E-state index in [4.69, 9.17) is 0 Å². The van der Waals surface area contributed by atoms with Gasteiger partial charge in [-0.1, -0.05) is 0 Å². The Bertz CT molecular complexity index is 616. The van der Waals surface area contributed by atoms with Crippen LogP contribution < -0.4 is 10.6 Å². The SMILES string of the molecule is CCNC(=O)c1ccc(NCc2ccn(CC)c2)c(C)c1. The Kier molecular flexibility index (Phi) is 5.04. The van der Waals surface area contributed by atoms with E-state index in [1.54, 1.807) is 0 Å². The summed E-state index contributed by atoms with van der Waals surface area (Å²) in [5.41, 5.74) is 4.10. The van der Waals surface area contributed by atoms with Crippen molar-refractivity contribution in [3.8, 4) is 0 Å². The maximum atomic E-state index is 11.8. The lowest BCUT2D eigenvalue weighted by molar-refractivity contribution is 0.0956. The molecule has 112 valence electrons. The Morgan fingerprint density at radius 3 is 2.67 bits per heavy atom. The lowest BCUT2D eigenvalue weighted by Gasteiger charge is -2.10. The molecule has 1 amide bonds. The highest BCUT2D eigenvalue weighted by Crippen LogP contribution is 2.17. The molecule has 0 atom stereocenters. The average molecular weight is 285 g/mol. The summed E-state index contributed by atoms with van der Waals surface area (Å²) >= 11 is 0. The van der Waals surface area contributed by atoms with Gasteiger partial charge in [0.15, 0.2) is 0 Å². The number of aryl methyl sites for hydroxylation is 2. The summed E-state index contributed by atoms with van der Waals surface area (Å²) in [6.07, 6.45) is 4.23. The van der Waals surface area contributed by atoms with Crippen molar-refractivity contribution in [2.75, 3.05) is 11.9 Å². The minimum absolute atomic E-state index is 0.0211. The fraction of sp³-hybridized carbons (Fsp3) is 0.353. The van der Waals surface area contributed by atoms with Gasteiger partial charge in [-0.15, -0.1) is 0 Å². The second kappa shape index (κ2) is 6.97. The standard InChI is InChI=1S/C17H23N3O/c1-4-18-17(21)15-6-7-16(13(3)10-15)19-11-14-8-9-20(5-2)12-14/h6-10,12,19H,4-5,11H2,1-3H3,(H,18,21). The third kappa shape index (κ3) is 3.88. The Morgan fingerprint density at radius 2 is 2.05 bits per heavy atom. The molecular formula is C17H23N3O. The first kappa shape index (κ1) is 15.2. The van der Waals surface area contributed by atoms with E-state index in [-0.39, 0.29) is 5.91 Å². The number of nitrogens with one attached hydrogen (secondary N) is 2. The fourth-order valence-corrected chi connectivity index (χ4v) is 2.25. The van der Waals surface area contributed by atoms with Gasteiger partial charge in [-0.2, -0.15) is 0 Å². The zero-order chi connectivity index (χ0) is 15.2. The van der Waals surface area contributed by atoms with Crippen molar-refractivity contribution in [1.29, 1.82) is 0 Å². The molecule has 1 aromatic carbocycles. The molecule has 0 saturated heterocycles. The van der Waals surface area contributed by atoms with Gasteiger partial charge in [0, 0.05) is 43.3 Å². The molecule has 2 rings (SSSR count). The summed E-state index contributed by atoms with van der Waals surface area (Å²) in [6, 6.07) is 7.87. The summed E-state index contributed by atoms with van der Waals surface area (Å²) < 4.78 is 2.15. The first-order valence-corrected chi connectivity index (χ1v) is 7.41.